The summed E-state index contributed by atoms with van der Waals surface area (Å²) in [7, 11) is 0. The van der Waals surface area contributed by atoms with Crippen molar-refractivity contribution < 1.29 is 19.4 Å². The quantitative estimate of drug-likeness (QED) is 0.239. The number of nitrogens with one attached hydrogen (secondary N) is 1. The van der Waals surface area contributed by atoms with Gasteiger partial charge in [0.2, 0.25) is 5.82 Å². The third kappa shape index (κ3) is 4.69. The van der Waals surface area contributed by atoms with Gasteiger partial charge in [0, 0.05) is 43.7 Å². The Morgan fingerprint density at radius 1 is 1.42 bits per heavy atom. The highest BCUT2D eigenvalue weighted by atomic mass is 32.1. The molecule has 2 aromatic rings. The Labute approximate surface area is 156 Å². The van der Waals surface area contributed by atoms with Crippen molar-refractivity contribution in [1.29, 1.82) is 0 Å². The number of nitrogens with zero attached hydrogens (tertiary/aromatic N) is 3. The van der Waals surface area contributed by atoms with E-state index in [4.69, 9.17) is 5.11 Å². The number of benzene rings is 1. The van der Waals surface area contributed by atoms with Crippen LogP contribution < -0.4 is 5.32 Å². The number of rotatable bonds is 5. The smallest absolute Gasteiger partial charge is 0.327 e. The molecule has 2 N–H and O–H groups in total. The molecular formula is C17H20N4O4S. The zero-order valence-corrected chi connectivity index (χ0v) is 15.5. The van der Waals surface area contributed by atoms with Crippen LogP contribution in [0.15, 0.2) is 24.4 Å². The minimum Gasteiger partial charge on any atom is -0.623 e. The van der Waals surface area contributed by atoms with E-state index in [9.17, 15) is 14.8 Å². The number of hydroxylamine groups is 1. The summed E-state index contributed by atoms with van der Waals surface area (Å²) in [5, 5.41) is 24.0. The van der Waals surface area contributed by atoms with Gasteiger partial charge in [-0.3, -0.25) is 4.79 Å². The lowest BCUT2D eigenvalue weighted by Crippen LogP contribution is -2.42. The molecule has 1 heterocycles. The molecule has 1 atom stereocenters. The number of hydrogen-bond donors (Lipinski definition) is 3. The van der Waals surface area contributed by atoms with Crippen LogP contribution in [0.4, 0.5) is 0 Å². The topological polar surface area (TPSA) is 118 Å². The number of fused-ring (bicyclic) bond motifs is 1. The first kappa shape index (κ1) is 19.6. The minimum absolute atomic E-state index is 0.0557. The largest absolute Gasteiger partial charge is 0.623 e. The first-order valence-electron chi connectivity index (χ1n) is 7.84. The van der Waals surface area contributed by atoms with E-state index >= 15 is 0 Å². The Morgan fingerprint density at radius 2 is 2.12 bits per heavy atom. The van der Waals surface area contributed by atoms with Gasteiger partial charge in [-0.05, 0) is 12.1 Å². The van der Waals surface area contributed by atoms with E-state index in [0.717, 1.165) is 4.74 Å². The Morgan fingerprint density at radius 3 is 2.69 bits per heavy atom. The van der Waals surface area contributed by atoms with Gasteiger partial charge in [-0.25, -0.2) is 19.5 Å². The first-order valence-corrected chi connectivity index (χ1v) is 8.47. The van der Waals surface area contributed by atoms with Crippen molar-refractivity contribution in [2.24, 2.45) is 0 Å². The fourth-order valence-electron chi connectivity index (χ4n) is 1.97. The fraction of sp³-hybridized carbons (Fsp3) is 0.353. The number of aliphatic carboxylic acids is 1. The molecular weight excluding hydrogens is 356 g/mol. The van der Waals surface area contributed by atoms with Crippen LogP contribution in [0.2, 0.25) is 0 Å². The molecule has 8 nitrogen and oxygen atoms in total. The van der Waals surface area contributed by atoms with E-state index in [1.54, 1.807) is 39.0 Å². The van der Waals surface area contributed by atoms with E-state index < -0.39 is 23.5 Å². The molecule has 0 aliphatic rings. The number of carbonyl (C=O) groups excluding carboxylic acids is 1. The van der Waals surface area contributed by atoms with Crippen molar-refractivity contribution >= 4 is 41.6 Å². The normalized spacial score (nSPS) is 13.5. The Balaban J connectivity index is 2.34. The number of amides is 1. The van der Waals surface area contributed by atoms with Crippen LogP contribution >= 0.6 is 12.6 Å². The lowest BCUT2D eigenvalue weighted by Gasteiger charge is -2.18. The van der Waals surface area contributed by atoms with E-state index in [1.807, 2.05) is 0 Å². The van der Waals surface area contributed by atoms with Crippen LogP contribution in [-0.2, 0) is 4.79 Å². The molecule has 0 saturated heterocycles. The highest BCUT2D eigenvalue weighted by molar-refractivity contribution is 7.80. The van der Waals surface area contributed by atoms with Crippen molar-refractivity contribution in [2.75, 3.05) is 5.75 Å². The molecule has 1 aromatic heterocycles. The maximum atomic E-state index is 12.2. The van der Waals surface area contributed by atoms with Gasteiger partial charge in [0.05, 0.1) is 5.52 Å². The van der Waals surface area contributed by atoms with Gasteiger partial charge in [-0.1, -0.05) is 6.07 Å². The summed E-state index contributed by atoms with van der Waals surface area (Å²) in [4.78, 5) is 31.3. The van der Waals surface area contributed by atoms with Crippen molar-refractivity contribution in [1.82, 2.24) is 15.3 Å². The Hall–Kier alpha value is -2.68. The van der Waals surface area contributed by atoms with Crippen molar-refractivity contribution in [3.8, 4) is 0 Å². The average Bonchev–Trinajstić information content (AvgIpc) is 2.57. The summed E-state index contributed by atoms with van der Waals surface area (Å²) in [5.41, 5.74) is 0.523. The van der Waals surface area contributed by atoms with Crippen LogP contribution in [0.25, 0.3) is 10.9 Å². The van der Waals surface area contributed by atoms with Crippen LogP contribution in [0.5, 0.6) is 0 Å². The minimum atomic E-state index is -1.19. The molecule has 1 amide bonds. The molecule has 2 rings (SSSR count). The Bertz CT molecular complexity index is 877. The lowest BCUT2D eigenvalue weighted by atomic mass is 10.1. The summed E-state index contributed by atoms with van der Waals surface area (Å²) in [6.45, 7) is 5.38. The van der Waals surface area contributed by atoms with Crippen molar-refractivity contribution in [3.05, 3.63) is 41.0 Å². The summed E-state index contributed by atoms with van der Waals surface area (Å²) < 4.78 is 0.840. The predicted octanol–water partition coefficient (Wildman–Crippen LogP) is 1.47. The molecule has 26 heavy (non-hydrogen) atoms. The number of carboxylic acid groups (broad SMARTS) is 1. The molecule has 0 aliphatic carbocycles. The van der Waals surface area contributed by atoms with Crippen molar-refractivity contribution in [2.45, 2.75) is 32.4 Å². The van der Waals surface area contributed by atoms with Gasteiger partial charge in [-0.15, -0.1) is 0 Å². The average molecular weight is 376 g/mol. The monoisotopic (exact) mass is 376 g/mol. The molecule has 1 unspecified atom stereocenters. The molecule has 0 aliphatic heterocycles. The molecule has 1 aromatic carbocycles. The molecule has 0 radical (unpaired) electrons. The third-order valence-electron chi connectivity index (χ3n) is 3.52. The SMILES string of the molecule is CC(C)(C)/[N+]([O-])=C\c1ccc2cnc(C(=O)NC(CS)C(=O)O)nc2c1. The second-order valence-corrected chi connectivity index (χ2v) is 7.05. The highest BCUT2D eigenvalue weighted by Crippen LogP contribution is 2.14. The number of carbonyl (C=O) groups is 2. The van der Waals surface area contributed by atoms with E-state index in [-0.39, 0.29) is 11.6 Å². The Kier molecular flexibility index (Phi) is 5.81. The first-order chi connectivity index (χ1) is 12.1. The van der Waals surface area contributed by atoms with Gasteiger partial charge < -0.3 is 15.6 Å². The van der Waals surface area contributed by atoms with Gasteiger partial charge in [0.15, 0.2) is 11.8 Å². The molecule has 0 bridgehead atoms. The van der Waals surface area contributed by atoms with Gasteiger partial charge in [0.1, 0.15) is 6.04 Å². The number of carboxylic acids is 1. The van der Waals surface area contributed by atoms with Crippen LogP contribution in [0.1, 0.15) is 37.0 Å². The fourth-order valence-corrected chi connectivity index (χ4v) is 2.21. The predicted molar refractivity (Wildman–Crippen MR) is 101 cm³/mol. The summed E-state index contributed by atoms with van der Waals surface area (Å²) in [6, 6.07) is 4.03. The molecule has 9 heteroatoms. The second-order valence-electron chi connectivity index (χ2n) is 6.68. The van der Waals surface area contributed by atoms with Gasteiger partial charge >= 0.3 is 5.97 Å². The summed E-state index contributed by atoms with van der Waals surface area (Å²) >= 11 is 3.89. The second kappa shape index (κ2) is 7.69. The molecule has 0 saturated carbocycles. The van der Waals surface area contributed by atoms with Crippen LogP contribution in [-0.4, -0.2) is 55.2 Å². The number of hydrogen-bond acceptors (Lipinski definition) is 6. The lowest BCUT2D eigenvalue weighted by molar-refractivity contribution is -0.530. The summed E-state index contributed by atoms with van der Waals surface area (Å²) in [6.07, 6.45) is 2.92. The van der Waals surface area contributed by atoms with E-state index in [0.29, 0.717) is 16.5 Å². The van der Waals surface area contributed by atoms with Crippen molar-refractivity contribution in [3.63, 3.8) is 0 Å². The molecule has 0 fully saturated rings. The number of thiol groups is 1. The molecule has 0 spiro atoms. The standard InChI is InChI=1S/C17H20N4O4S/c1-17(2,3)21(25)8-10-4-5-11-7-18-14(19-12(11)6-10)15(22)20-13(9-26)16(23)24/h4-8,13,26H,9H2,1-3H3,(H,20,22)(H,23,24)/b21-8+. The molecule has 138 valence electrons. The van der Waals surface area contributed by atoms with Gasteiger partial charge in [-0.2, -0.15) is 12.6 Å². The highest BCUT2D eigenvalue weighted by Gasteiger charge is 2.21. The third-order valence-corrected chi connectivity index (χ3v) is 3.89. The van der Waals surface area contributed by atoms with Crippen LogP contribution in [0, 0.1) is 5.21 Å². The maximum absolute atomic E-state index is 12.2. The van der Waals surface area contributed by atoms with E-state index in [1.165, 1.54) is 12.4 Å². The van der Waals surface area contributed by atoms with Crippen LogP contribution in [0.3, 0.4) is 0 Å². The zero-order chi connectivity index (χ0) is 19.5. The van der Waals surface area contributed by atoms with Gasteiger partial charge in [0.25, 0.3) is 5.91 Å². The summed E-state index contributed by atoms with van der Waals surface area (Å²) in [5.74, 6) is -2.11. The number of aromatic nitrogens is 2. The maximum Gasteiger partial charge on any atom is 0.327 e. The van der Waals surface area contributed by atoms with E-state index in [2.05, 4.69) is 27.9 Å². The zero-order valence-electron chi connectivity index (χ0n) is 14.6.